The van der Waals surface area contributed by atoms with E-state index in [0.717, 1.165) is 5.69 Å². The van der Waals surface area contributed by atoms with Crippen LogP contribution in [0.2, 0.25) is 0 Å². The summed E-state index contributed by atoms with van der Waals surface area (Å²) in [4.78, 5) is 16.9. The second-order valence-corrected chi connectivity index (χ2v) is 7.09. The van der Waals surface area contributed by atoms with Gasteiger partial charge in [0, 0.05) is 29.3 Å². The summed E-state index contributed by atoms with van der Waals surface area (Å²) in [7, 11) is 0. The molecule has 0 amide bonds. The van der Waals surface area contributed by atoms with E-state index in [9.17, 15) is 4.79 Å². The molecule has 1 N–H and O–H groups in total. The van der Waals surface area contributed by atoms with Crippen LogP contribution in [0.3, 0.4) is 0 Å². The molecule has 106 valence electrons. The largest absolute Gasteiger partial charge is 0.302 e. The van der Waals surface area contributed by atoms with Gasteiger partial charge in [-0.2, -0.15) is 0 Å². The summed E-state index contributed by atoms with van der Waals surface area (Å²) in [6, 6.07) is 5.61. The predicted octanol–water partition coefficient (Wildman–Crippen LogP) is 3.00. The van der Waals surface area contributed by atoms with Gasteiger partial charge in [-0.25, -0.2) is 0 Å². The van der Waals surface area contributed by atoms with Crippen LogP contribution in [0.5, 0.6) is 0 Å². The van der Waals surface area contributed by atoms with Crippen molar-refractivity contribution in [2.24, 2.45) is 5.41 Å². The zero-order valence-electron chi connectivity index (χ0n) is 12.9. The molecule has 0 fully saturated rings. The molecular formula is C16H26N2O. The molecule has 0 aliphatic carbocycles. The van der Waals surface area contributed by atoms with Gasteiger partial charge in [0.05, 0.1) is 6.04 Å². The number of hydrogen-bond acceptors (Lipinski definition) is 3. The fourth-order valence-electron chi connectivity index (χ4n) is 1.98. The second kappa shape index (κ2) is 5.83. The zero-order chi connectivity index (χ0) is 14.7. The van der Waals surface area contributed by atoms with E-state index in [4.69, 9.17) is 0 Å². The van der Waals surface area contributed by atoms with Crippen LogP contribution in [-0.2, 0) is 11.2 Å². The van der Waals surface area contributed by atoms with Crippen LogP contribution >= 0.6 is 0 Å². The number of rotatable bonds is 4. The Morgan fingerprint density at radius 1 is 1.21 bits per heavy atom. The summed E-state index contributed by atoms with van der Waals surface area (Å²) in [6.45, 7) is 12.1. The van der Waals surface area contributed by atoms with Crippen molar-refractivity contribution in [3.8, 4) is 0 Å². The highest BCUT2D eigenvalue weighted by atomic mass is 16.1. The number of carbonyl (C=O) groups excluding carboxylic acids is 1. The van der Waals surface area contributed by atoms with Crippen LogP contribution in [0, 0.1) is 5.41 Å². The average molecular weight is 262 g/mol. The number of hydrogen-bond donors (Lipinski definition) is 1. The maximum absolute atomic E-state index is 12.6. The molecule has 0 bridgehead atoms. The van der Waals surface area contributed by atoms with Crippen molar-refractivity contribution < 1.29 is 4.79 Å². The van der Waals surface area contributed by atoms with E-state index in [2.05, 4.69) is 31.1 Å². The van der Waals surface area contributed by atoms with Crippen molar-refractivity contribution in [2.45, 2.75) is 59.5 Å². The molecule has 0 radical (unpaired) electrons. The van der Waals surface area contributed by atoms with E-state index >= 15 is 0 Å². The highest BCUT2D eigenvalue weighted by molar-refractivity contribution is 5.89. The first-order valence-electron chi connectivity index (χ1n) is 6.81. The summed E-state index contributed by atoms with van der Waals surface area (Å²) in [6.07, 6.45) is 2.40. The fourth-order valence-corrected chi connectivity index (χ4v) is 1.98. The van der Waals surface area contributed by atoms with E-state index in [1.54, 1.807) is 6.20 Å². The Morgan fingerprint density at radius 3 is 2.26 bits per heavy atom. The minimum absolute atomic E-state index is 0.0969. The summed E-state index contributed by atoms with van der Waals surface area (Å²) in [5.74, 6) is 0.230. The van der Waals surface area contributed by atoms with Gasteiger partial charge in [-0.15, -0.1) is 0 Å². The minimum Gasteiger partial charge on any atom is -0.302 e. The first-order chi connectivity index (χ1) is 8.59. The lowest BCUT2D eigenvalue weighted by Crippen LogP contribution is -2.52. The molecule has 0 aliphatic rings. The standard InChI is InChI=1S/C16H26N2O/c1-15(2,3)14(19)13(18-16(4,5)6)11-12-9-7-8-10-17-12/h7-10,13,18H,11H2,1-6H3/t13-/m1/s1. The zero-order valence-corrected chi connectivity index (χ0v) is 12.9. The molecule has 1 rings (SSSR count). The predicted molar refractivity (Wildman–Crippen MR) is 79.1 cm³/mol. The Hall–Kier alpha value is -1.22. The van der Waals surface area contributed by atoms with Gasteiger partial charge in [0.2, 0.25) is 0 Å². The number of pyridine rings is 1. The molecule has 19 heavy (non-hydrogen) atoms. The third-order valence-corrected chi connectivity index (χ3v) is 2.80. The van der Waals surface area contributed by atoms with Gasteiger partial charge >= 0.3 is 0 Å². The number of Topliss-reactive ketones (excluding diaryl/α,β-unsaturated/α-hetero) is 1. The molecule has 0 spiro atoms. The van der Waals surface area contributed by atoms with E-state index in [1.807, 2.05) is 39.0 Å². The van der Waals surface area contributed by atoms with E-state index in [1.165, 1.54) is 0 Å². The molecule has 1 aromatic rings. The Kier molecular flexibility index (Phi) is 4.86. The number of nitrogens with one attached hydrogen (secondary N) is 1. The van der Waals surface area contributed by atoms with Crippen molar-refractivity contribution in [2.75, 3.05) is 0 Å². The monoisotopic (exact) mass is 262 g/mol. The second-order valence-electron chi connectivity index (χ2n) is 7.09. The maximum Gasteiger partial charge on any atom is 0.155 e. The van der Waals surface area contributed by atoms with Gasteiger partial charge in [-0.05, 0) is 32.9 Å². The third kappa shape index (κ3) is 5.52. The summed E-state index contributed by atoms with van der Waals surface area (Å²) >= 11 is 0. The molecule has 0 saturated carbocycles. The van der Waals surface area contributed by atoms with Crippen LogP contribution < -0.4 is 5.32 Å². The average Bonchev–Trinajstić information content (AvgIpc) is 2.25. The van der Waals surface area contributed by atoms with E-state index < -0.39 is 0 Å². The summed E-state index contributed by atoms with van der Waals surface area (Å²) < 4.78 is 0. The lowest BCUT2D eigenvalue weighted by atomic mass is 9.84. The maximum atomic E-state index is 12.6. The Balaban J connectivity index is 2.90. The Morgan fingerprint density at radius 2 is 1.84 bits per heavy atom. The molecule has 1 atom stereocenters. The highest BCUT2D eigenvalue weighted by Gasteiger charge is 2.32. The van der Waals surface area contributed by atoms with Crippen molar-refractivity contribution in [1.82, 2.24) is 10.3 Å². The van der Waals surface area contributed by atoms with Crippen LogP contribution in [0.1, 0.15) is 47.2 Å². The number of carbonyl (C=O) groups is 1. The minimum atomic E-state index is -0.350. The Bertz CT molecular complexity index is 413. The fraction of sp³-hybridized carbons (Fsp3) is 0.625. The molecule has 0 aromatic carbocycles. The van der Waals surface area contributed by atoms with Gasteiger partial charge in [0.1, 0.15) is 0 Å². The quantitative estimate of drug-likeness (QED) is 0.907. The van der Waals surface area contributed by atoms with E-state index in [0.29, 0.717) is 6.42 Å². The van der Waals surface area contributed by atoms with Gasteiger partial charge in [0.25, 0.3) is 0 Å². The normalized spacial score (nSPS) is 14.2. The smallest absolute Gasteiger partial charge is 0.155 e. The number of aromatic nitrogens is 1. The number of ketones is 1. The Labute approximate surface area is 116 Å². The lowest BCUT2D eigenvalue weighted by molar-refractivity contribution is -0.128. The van der Waals surface area contributed by atoms with Crippen LogP contribution in [0.15, 0.2) is 24.4 Å². The SMILES string of the molecule is CC(C)(C)N[C@H](Cc1ccccn1)C(=O)C(C)(C)C. The van der Waals surface area contributed by atoms with Crippen LogP contribution in [0.4, 0.5) is 0 Å². The summed E-state index contributed by atoms with van der Waals surface area (Å²) in [5, 5.41) is 3.42. The van der Waals surface area contributed by atoms with Gasteiger partial charge < -0.3 is 5.32 Å². The van der Waals surface area contributed by atoms with Crippen molar-refractivity contribution in [3.05, 3.63) is 30.1 Å². The van der Waals surface area contributed by atoms with Crippen molar-refractivity contribution >= 4 is 5.78 Å². The first-order valence-corrected chi connectivity index (χ1v) is 6.81. The molecule has 3 heteroatoms. The molecule has 0 aliphatic heterocycles. The van der Waals surface area contributed by atoms with Crippen LogP contribution in [-0.4, -0.2) is 22.3 Å². The van der Waals surface area contributed by atoms with E-state index in [-0.39, 0.29) is 22.8 Å². The van der Waals surface area contributed by atoms with Gasteiger partial charge in [0.15, 0.2) is 5.78 Å². The van der Waals surface area contributed by atoms with Crippen LogP contribution in [0.25, 0.3) is 0 Å². The third-order valence-electron chi connectivity index (χ3n) is 2.80. The lowest BCUT2D eigenvalue weighted by Gasteiger charge is -2.31. The molecule has 1 aromatic heterocycles. The number of nitrogens with zero attached hydrogens (tertiary/aromatic N) is 1. The topological polar surface area (TPSA) is 42.0 Å². The van der Waals surface area contributed by atoms with Crippen molar-refractivity contribution in [1.29, 1.82) is 0 Å². The molecule has 0 unspecified atom stereocenters. The molecule has 3 nitrogen and oxygen atoms in total. The van der Waals surface area contributed by atoms with Gasteiger partial charge in [-0.3, -0.25) is 9.78 Å². The highest BCUT2D eigenvalue weighted by Crippen LogP contribution is 2.20. The molecule has 0 saturated heterocycles. The molecule has 1 heterocycles. The van der Waals surface area contributed by atoms with Crippen molar-refractivity contribution in [3.63, 3.8) is 0 Å². The van der Waals surface area contributed by atoms with Gasteiger partial charge in [-0.1, -0.05) is 26.8 Å². The first kappa shape index (κ1) is 15.8. The molecular weight excluding hydrogens is 236 g/mol. The summed E-state index contributed by atoms with van der Waals surface area (Å²) in [5.41, 5.74) is 0.500.